The lowest BCUT2D eigenvalue weighted by molar-refractivity contribution is 0.0857. The van der Waals surface area contributed by atoms with Crippen LogP contribution in [-0.2, 0) is 11.3 Å². The van der Waals surface area contributed by atoms with Crippen LogP contribution in [0.4, 0.5) is 0 Å². The number of amides is 1. The molecular weight excluding hydrogens is 458 g/mol. The van der Waals surface area contributed by atoms with Crippen molar-refractivity contribution in [2.75, 3.05) is 20.3 Å². The molecule has 0 bridgehead atoms. The first-order valence-electron chi connectivity index (χ1n) is 11.9. The maximum absolute atomic E-state index is 13.2. The van der Waals surface area contributed by atoms with E-state index in [-0.39, 0.29) is 12.0 Å². The van der Waals surface area contributed by atoms with Gasteiger partial charge in [-0.3, -0.25) is 4.79 Å². The van der Waals surface area contributed by atoms with Gasteiger partial charge in [-0.2, -0.15) is 0 Å². The zero-order chi connectivity index (χ0) is 24.2. The molecule has 4 aromatic rings. The number of nitrogens with zero attached hydrogens (tertiary/aromatic N) is 2. The van der Waals surface area contributed by atoms with Crippen molar-refractivity contribution in [2.24, 2.45) is 0 Å². The molecule has 0 saturated carbocycles. The van der Waals surface area contributed by atoms with E-state index in [1.807, 2.05) is 43.3 Å². The molecule has 1 saturated heterocycles. The summed E-state index contributed by atoms with van der Waals surface area (Å²) >= 11 is 1.61. The van der Waals surface area contributed by atoms with Gasteiger partial charge in [-0.25, -0.2) is 4.98 Å². The minimum Gasteiger partial charge on any atom is -0.497 e. The Bertz CT molecular complexity index is 1290. The fourth-order valence-electron chi connectivity index (χ4n) is 4.42. The Hall–Kier alpha value is -3.42. The van der Waals surface area contributed by atoms with Gasteiger partial charge < -0.3 is 19.4 Å². The Labute approximate surface area is 209 Å². The lowest BCUT2D eigenvalue weighted by Crippen LogP contribution is -2.32. The molecule has 1 N–H and O–H groups in total. The number of carbonyl (C=O) groups excluding carboxylic acids is 1. The molecule has 180 valence electrons. The SMILES string of the molecule is COc1ccc(Cn2c(-c3csc(-c4ccccc4)n3)cc(C(=O)NCC3CCCO3)c2C)cc1. The summed E-state index contributed by atoms with van der Waals surface area (Å²) in [5.41, 5.74) is 5.58. The maximum atomic E-state index is 13.2. The van der Waals surface area contributed by atoms with Gasteiger partial charge in [0.25, 0.3) is 5.91 Å². The summed E-state index contributed by atoms with van der Waals surface area (Å²) in [6, 6.07) is 20.1. The Balaban J connectivity index is 1.47. The van der Waals surface area contributed by atoms with E-state index in [1.165, 1.54) is 0 Å². The number of methoxy groups -OCH3 is 1. The van der Waals surface area contributed by atoms with Crippen molar-refractivity contribution in [1.82, 2.24) is 14.9 Å². The molecule has 7 heteroatoms. The topological polar surface area (TPSA) is 65.4 Å². The van der Waals surface area contributed by atoms with Gasteiger partial charge in [-0.15, -0.1) is 11.3 Å². The third kappa shape index (κ3) is 5.16. The van der Waals surface area contributed by atoms with E-state index in [4.69, 9.17) is 14.5 Å². The molecule has 2 aromatic carbocycles. The molecule has 1 aliphatic rings. The van der Waals surface area contributed by atoms with Crippen molar-refractivity contribution >= 4 is 17.2 Å². The summed E-state index contributed by atoms with van der Waals surface area (Å²) in [5.74, 6) is 0.741. The number of ether oxygens (including phenoxy) is 2. The number of hydrogen-bond donors (Lipinski definition) is 1. The van der Waals surface area contributed by atoms with Crippen LogP contribution in [0.3, 0.4) is 0 Å². The van der Waals surface area contributed by atoms with Crippen molar-refractivity contribution in [2.45, 2.75) is 32.4 Å². The molecule has 0 radical (unpaired) electrons. The molecule has 2 aromatic heterocycles. The Morgan fingerprint density at radius 2 is 2.00 bits per heavy atom. The van der Waals surface area contributed by atoms with Crippen molar-refractivity contribution < 1.29 is 14.3 Å². The first-order valence-corrected chi connectivity index (χ1v) is 12.7. The van der Waals surface area contributed by atoms with Crippen LogP contribution < -0.4 is 10.1 Å². The van der Waals surface area contributed by atoms with E-state index in [2.05, 4.69) is 39.5 Å². The number of benzene rings is 2. The molecule has 5 rings (SSSR count). The van der Waals surface area contributed by atoms with E-state index in [9.17, 15) is 4.79 Å². The van der Waals surface area contributed by atoms with Gasteiger partial charge in [-0.05, 0) is 43.5 Å². The van der Waals surface area contributed by atoms with Gasteiger partial charge >= 0.3 is 0 Å². The number of nitrogens with one attached hydrogen (secondary N) is 1. The number of rotatable bonds is 8. The molecule has 0 aliphatic carbocycles. The quantitative estimate of drug-likeness (QED) is 0.354. The predicted molar refractivity (Wildman–Crippen MR) is 139 cm³/mol. The van der Waals surface area contributed by atoms with Crippen molar-refractivity contribution in [3.8, 4) is 27.7 Å². The van der Waals surface area contributed by atoms with Crippen LogP contribution in [0, 0.1) is 6.92 Å². The Morgan fingerprint density at radius 3 is 2.71 bits per heavy atom. The highest BCUT2D eigenvalue weighted by Crippen LogP contribution is 2.32. The highest BCUT2D eigenvalue weighted by Gasteiger charge is 2.22. The fourth-order valence-corrected chi connectivity index (χ4v) is 5.24. The van der Waals surface area contributed by atoms with Crippen LogP contribution in [0.25, 0.3) is 22.0 Å². The van der Waals surface area contributed by atoms with E-state index < -0.39 is 0 Å². The van der Waals surface area contributed by atoms with Crippen molar-refractivity contribution in [1.29, 1.82) is 0 Å². The lowest BCUT2D eigenvalue weighted by Gasteiger charge is -2.13. The van der Waals surface area contributed by atoms with E-state index in [0.717, 1.165) is 58.4 Å². The fraction of sp³-hybridized carbons (Fsp3) is 0.286. The molecule has 1 amide bonds. The zero-order valence-corrected chi connectivity index (χ0v) is 20.8. The molecule has 1 aliphatic heterocycles. The van der Waals surface area contributed by atoms with Gasteiger partial charge in [0.2, 0.25) is 0 Å². The van der Waals surface area contributed by atoms with Crippen LogP contribution in [0.5, 0.6) is 5.75 Å². The third-order valence-corrected chi connectivity index (χ3v) is 7.30. The molecule has 0 spiro atoms. The molecular formula is C28H29N3O3S. The smallest absolute Gasteiger partial charge is 0.253 e. The van der Waals surface area contributed by atoms with Gasteiger partial charge in [0, 0.05) is 36.3 Å². The van der Waals surface area contributed by atoms with Crippen LogP contribution in [0.1, 0.15) is 34.5 Å². The monoisotopic (exact) mass is 487 g/mol. The Morgan fingerprint density at radius 1 is 1.20 bits per heavy atom. The number of hydrogen-bond acceptors (Lipinski definition) is 5. The second-order valence-electron chi connectivity index (χ2n) is 8.71. The second-order valence-corrected chi connectivity index (χ2v) is 9.57. The predicted octanol–water partition coefficient (Wildman–Crippen LogP) is 5.55. The van der Waals surface area contributed by atoms with Gasteiger partial charge in [0.1, 0.15) is 10.8 Å². The number of carbonyl (C=O) groups is 1. The molecule has 35 heavy (non-hydrogen) atoms. The summed E-state index contributed by atoms with van der Waals surface area (Å²) < 4.78 is 13.2. The van der Waals surface area contributed by atoms with Crippen LogP contribution in [0.15, 0.2) is 66.0 Å². The van der Waals surface area contributed by atoms with Crippen LogP contribution >= 0.6 is 11.3 Å². The van der Waals surface area contributed by atoms with Crippen LogP contribution in [0.2, 0.25) is 0 Å². The molecule has 1 unspecified atom stereocenters. The normalized spacial score (nSPS) is 15.3. The molecule has 1 fully saturated rings. The summed E-state index contributed by atoms with van der Waals surface area (Å²) in [6.45, 7) is 3.93. The second kappa shape index (κ2) is 10.5. The summed E-state index contributed by atoms with van der Waals surface area (Å²) in [6.07, 6.45) is 2.15. The van der Waals surface area contributed by atoms with Gasteiger partial charge in [-0.1, -0.05) is 42.5 Å². The maximum Gasteiger partial charge on any atom is 0.253 e. The Kier molecular flexibility index (Phi) is 6.97. The molecule has 3 heterocycles. The van der Waals surface area contributed by atoms with Crippen molar-refractivity contribution in [3.05, 3.63) is 82.9 Å². The standard InChI is InChI=1S/C28H29N3O3S/c1-19-24(27(32)29-16-23-9-6-14-34-23)15-26(31(19)17-20-10-12-22(33-2)13-11-20)25-18-35-28(30-25)21-7-4-3-5-8-21/h3-5,7-8,10-13,15,18,23H,6,9,14,16-17H2,1-2H3,(H,29,32). The first-order chi connectivity index (χ1) is 17.1. The summed E-state index contributed by atoms with van der Waals surface area (Å²) in [5, 5.41) is 6.10. The minimum atomic E-state index is -0.0776. The van der Waals surface area contributed by atoms with Crippen molar-refractivity contribution in [3.63, 3.8) is 0 Å². The zero-order valence-electron chi connectivity index (χ0n) is 20.0. The van der Waals surface area contributed by atoms with E-state index in [1.54, 1.807) is 18.4 Å². The van der Waals surface area contributed by atoms with Crippen LogP contribution in [-0.4, -0.2) is 41.8 Å². The first kappa shape index (κ1) is 23.3. The summed E-state index contributed by atoms with van der Waals surface area (Å²) in [7, 11) is 1.66. The van der Waals surface area contributed by atoms with Gasteiger partial charge in [0.15, 0.2) is 0 Å². The van der Waals surface area contributed by atoms with Gasteiger partial charge in [0.05, 0.1) is 30.2 Å². The number of aromatic nitrogens is 2. The summed E-state index contributed by atoms with van der Waals surface area (Å²) in [4.78, 5) is 18.1. The molecule has 6 nitrogen and oxygen atoms in total. The lowest BCUT2D eigenvalue weighted by atomic mass is 10.2. The number of thiazole rings is 1. The minimum absolute atomic E-state index is 0.0776. The third-order valence-electron chi connectivity index (χ3n) is 6.41. The largest absolute Gasteiger partial charge is 0.497 e. The average molecular weight is 488 g/mol. The highest BCUT2D eigenvalue weighted by atomic mass is 32.1. The van der Waals surface area contributed by atoms with E-state index >= 15 is 0 Å². The highest BCUT2D eigenvalue weighted by molar-refractivity contribution is 7.13. The molecule has 1 atom stereocenters. The average Bonchev–Trinajstić information content (AvgIpc) is 3.65. The van der Waals surface area contributed by atoms with E-state index in [0.29, 0.717) is 18.7 Å².